The molecule has 0 spiro atoms. The van der Waals surface area contributed by atoms with Crippen LogP contribution in [-0.2, 0) is 4.74 Å². The normalized spacial score (nSPS) is 31.9. The standard InChI is InChI=1S/C18H34N4O.HI/c1-6-19-16(22-13-17(2,3)18(22,4)5)20-10-15-11-21-9-7-8-14(21)12-23-15;/h14-15H,6-13H2,1-5H3,(H,19,20);1H. The number of ether oxygens (including phenoxy) is 1. The molecule has 0 aliphatic carbocycles. The molecule has 24 heavy (non-hydrogen) atoms. The summed E-state index contributed by atoms with van der Waals surface area (Å²) < 4.78 is 6.05. The first-order valence-electron chi connectivity index (χ1n) is 9.27. The van der Waals surface area contributed by atoms with Crippen molar-refractivity contribution in [3.63, 3.8) is 0 Å². The van der Waals surface area contributed by atoms with Crippen molar-refractivity contribution in [1.82, 2.24) is 15.1 Å². The van der Waals surface area contributed by atoms with Crippen molar-refractivity contribution in [3.05, 3.63) is 0 Å². The van der Waals surface area contributed by atoms with Gasteiger partial charge in [-0.15, -0.1) is 24.0 Å². The second kappa shape index (κ2) is 7.66. The molecule has 6 heteroatoms. The van der Waals surface area contributed by atoms with E-state index in [1.807, 2.05) is 0 Å². The Morgan fingerprint density at radius 2 is 2.04 bits per heavy atom. The lowest BCUT2D eigenvalue weighted by Crippen LogP contribution is -2.72. The van der Waals surface area contributed by atoms with E-state index in [2.05, 4.69) is 49.7 Å². The van der Waals surface area contributed by atoms with Gasteiger partial charge < -0.3 is 15.0 Å². The van der Waals surface area contributed by atoms with Crippen LogP contribution in [0.2, 0.25) is 0 Å². The SMILES string of the molecule is CCNC(=NCC1CN2CCCC2CO1)N1CC(C)(C)C1(C)C.I. The van der Waals surface area contributed by atoms with E-state index in [0.717, 1.165) is 38.7 Å². The number of aliphatic imine (C=N–C) groups is 1. The summed E-state index contributed by atoms with van der Waals surface area (Å²) in [5, 5.41) is 3.47. The topological polar surface area (TPSA) is 40.1 Å². The highest BCUT2D eigenvalue weighted by Crippen LogP contribution is 2.46. The average Bonchev–Trinajstić information content (AvgIpc) is 2.97. The predicted molar refractivity (Wildman–Crippen MR) is 110 cm³/mol. The van der Waals surface area contributed by atoms with Gasteiger partial charge in [0.15, 0.2) is 5.96 Å². The number of halogens is 1. The Bertz CT molecular complexity index is 466. The zero-order valence-electron chi connectivity index (χ0n) is 16.0. The molecular formula is C18H35IN4O. The minimum Gasteiger partial charge on any atom is -0.373 e. The molecule has 0 amide bonds. The highest BCUT2D eigenvalue weighted by molar-refractivity contribution is 14.0. The quantitative estimate of drug-likeness (QED) is 0.408. The summed E-state index contributed by atoms with van der Waals surface area (Å²) >= 11 is 0. The van der Waals surface area contributed by atoms with E-state index in [-0.39, 0.29) is 35.6 Å². The van der Waals surface area contributed by atoms with Crippen molar-refractivity contribution in [3.8, 4) is 0 Å². The Hall–Kier alpha value is -0.0800. The highest BCUT2D eigenvalue weighted by Gasteiger charge is 2.53. The van der Waals surface area contributed by atoms with Crippen LogP contribution in [0.4, 0.5) is 0 Å². The molecule has 3 aliphatic heterocycles. The molecule has 3 aliphatic rings. The molecule has 0 aromatic rings. The summed E-state index contributed by atoms with van der Waals surface area (Å²) in [6, 6.07) is 0.665. The van der Waals surface area contributed by atoms with Crippen molar-refractivity contribution in [2.24, 2.45) is 10.4 Å². The molecule has 2 atom stereocenters. The first kappa shape index (κ1) is 20.2. The molecule has 140 valence electrons. The Morgan fingerprint density at radius 3 is 2.67 bits per heavy atom. The van der Waals surface area contributed by atoms with Crippen LogP contribution in [-0.4, -0.2) is 72.8 Å². The van der Waals surface area contributed by atoms with Gasteiger partial charge in [-0.25, -0.2) is 0 Å². The van der Waals surface area contributed by atoms with Gasteiger partial charge in [0.1, 0.15) is 0 Å². The monoisotopic (exact) mass is 450 g/mol. The Morgan fingerprint density at radius 1 is 1.29 bits per heavy atom. The molecule has 5 nitrogen and oxygen atoms in total. The van der Waals surface area contributed by atoms with Crippen LogP contribution in [0.15, 0.2) is 4.99 Å². The number of fused-ring (bicyclic) bond motifs is 1. The largest absolute Gasteiger partial charge is 0.373 e. The summed E-state index contributed by atoms with van der Waals surface area (Å²) in [5.41, 5.74) is 0.467. The molecule has 3 rings (SSSR count). The molecule has 3 fully saturated rings. The minimum atomic E-state index is 0. The van der Waals surface area contributed by atoms with Crippen LogP contribution >= 0.6 is 24.0 Å². The summed E-state index contributed by atoms with van der Waals surface area (Å²) in [6.07, 6.45) is 2.87. The van der Waals surface area contributed by atoms with Gasteiger partial charge in [-0.3, -0.25) is 9.89 Å². The molecule has 2 unspecified atom stereocenters. The Balaban J connectivity index is 0.00000208. The second-order valence-corrected chi connectivity index (χ2v) is 8.47. The second-order valence-electron chi connectivity index (χ2n) is 8.47. The summed E-state index contributed by atoms with van der Waals surface area (Å²) in [7, 11) is 0. The number of rotatable bonds is 3. The van der Waals surface area contributed by atoms with Gasteiger partial charge >= 0.3 is 0 Å². The Labute approximate surface area is 164 Å². The average molecular weight is 450 g/mol. The number of nitrogens with one attached hydrogen (secondary N) is 1. The number of hydrogen-bond acceptors (Lipinski definition) is 3. The van der Waals surface area contributed by atoms with E-state index in [9.17, 15) is 0 Å². The van der Waals surface area contributed by atoms with Gasteiger partial charge in [0.25, 0.3) is 0 Å². The molecule has 1 N–H and O–H groups in total. The first-order chi connectivity index (χ1) is 10.8. The van der Waals surface area contributed by atoms with Crippen LogP contribution < -0.4 is 5.32 Å². The maximum Gasteiger partial charge on any atom is 0.194 e. The van der Waals surface area contributed by atoms with E-state index in [1.54, 1.807) is 0 Å². The van der Waals surface area contributed by atoms with Crippen LogP contribution in [0.1, 0.15) is 47.5 Å². The van der Waals surface area contributed by atoms with Crippen molar-refractivity contribution in [1.29, 1.82) is 0 Å². The number of guanidine groups is 1. The molecular weight excluding hydrogens is 415 g/mol. The Kier molecular flexibility index (Phi) is 6.46. The van der Waals surface area contributed by atoms with Gasteiger partial charge in [-0.05, 0) is 40.2 Å². The van der Waals surface area contributed by atoms with E-state index >= 15 is 0 Å². The number of nitrogens with zero attached hydrogens (tertiary/aromatic N) is 3. The van der Waals surface area contributed by atoms with Crippen molar-refractivity contribution in [2.75, 3.05) is 39.3 Å². The third kappa shape index (κ3) is 3.70. The molecule has 3 heterocycles. The van der Waals surface area contributed by atoms with Gasteiger partial charge in [-0.2, -0.15) is 0 Å². The van der Waals surface area contributed by atoms with Gasteiger partial charge in [0.05, 0.1) is 19.3 Å². The third-order valence-electron chi connectivity index (χ3n) is 6.38. The van der Waals surface area contributed by atoms with Crippen molar-refractivity contribution >= 4 is 29.9 Å². The fourth-order valence-electron chi connectivity index (χ4n) is 3.98. The number of hydrogen-bond donors (Lipinski definition) is 1. The molecule has 3 saturated heterocycles. The minimum absolute atomic E-state index is 0. The maximum absolute atomic E-state index is 6.05. The molecule has 0 radical (unpaired) electrons. The maximum atomic E-state index is 6.05. The summed E-state index contributed by atoms with van der Waals surface area (Å²) in [6.45, 7) is 17.3. The fourth-order valence-corrected chi connectivity index (χ4v) is 3.98. The zero-order chi connectivity index (χ0) is 16.7. The fraction of sp³-hybridized carbons (Fsp3) is 0.944. The number of likely N-dealkylation sites (tertiary alicyclic amines) is 1. The van der Waals surface area contributed by atoms with E-state index in [1.165, 1.54) is 19.4 Å². The van der Waals surface area contributed by atoms with E-state index < -0.39 is 0 Å². The van der Waals surface area contributed by atoms with Crippen LogP contribution in [0.5, 0.6) is 0 Å². The van der Waals surface area contributed by atoms with Gasteiger partial charge in [0.2, 0.25) is 0 Å². The van der Waals surface area contributed by atoms with E-state index in [4.69, 9.17) is 9.73 Å². The van der Waals surface area contributed by atoms with Crippen molar-refractivity contribution < 1.29 is 4.74 Å². The summed E-state index contributed by atoms with van der Waals surface area (Å²) in [5.74, 6) is 1.05. The lowest BCUT2D eigenvalue weighted by atomic mass is 9.65. The zero-order valence-corrected chi connectivity index (χ0v) is 18.3. The van der Waals surface area contributed by atoms with Crippen molar-refractivity contribution in [2.45, 2.75) is 65.1 Å². The van der Waals surface area contributed by atoms with Gasteiger partial charge in [-0.1, -0.05) is 13.8 Å². The number of morpholine rings is 1. The predicted octanol–water partition coefficient (Wildman–Crippen LogP) is 2.55. The first-order valence-corrected chi connectivity index (χ1v) is 9.27. The lowest BCUT2D eigenvalue weighted by molar-refractivity contribution is -0.0678. The van der Waals surface area contributed by atoms with Crippen LogP contribution in [0.25, 0.3) is 0 Å². The molecule has 0 saturated carbocycles. The van der Waals surface area contributed by atoms with Gasteiger partial charge in [0, 0.05) is 36.6 Å². The smallest absolute Gasteiger partial charge is 0.194 e. The summed E-state index contributed by atoms with van der Waals surface area (Å²) in [4.78, 5) is 9.92. The molecule has 0 aromatic carbocycles. The van der Waals surface area contributed by atoms with Crippen LogP contribution in [0.3, 0.4) is 0 Å². The highest BCUT2D eigenvalue weighted by atomic mass is 127. The molecule has 0 aromatic heterocycles. The molecule has 0 bridgehead atoms. The van der Waals surface area contributed by atoms with E-state index in [0.29, 0.717) is 11.5 Å². The van der Waals surface area contributed by atoms with Crippen LogP contribution in [0, 0.1) is 5.41 Å². The lowest BCUT2D eigenvalue weighted by Gasteiger charge is -2.62. The third-order valence-corrected chi connectivity index (χ3v) is 6.38.